The number of aromatic nitrogens is 4. The van der Waals surface area contributed by atoms with Crippen LogP contribution in [0.5, 0.6) is 0 Å². The van der Waals surface area contributed by atoms with Gasteiger partial charge in [0.05, 0.1) is 12.4 Å². The summed E-state index contributed by atoms with van der Waals surface area (Å²) < 4.78 is 2.20. The molecule has 0 aliphatic carbocycles. The third-order valence-corrected chi connectivity index (χ3v) is 5.43. The van der Waals surface area contributed by atoms with Crippen molar-refractivity contribution < 1.29 is 4.24 Å². The van der Waals surface area contributed by atoms with Crippen LogP contribution in [-0.2, 0) is 0 Å². The van der Waals surface area contributed by atoms with E-state index in [0.717, 1.165) is 27.4 Å². The summed E-state index contributed by atoms with van der Waals surface area (Å²) >= 11 is 0. The van der Waals surface area contributed by atoms with E-state index < -0.39 is 0 Å². The van der Waals surface area contributed by atoms with Crippen molar-refractivity contribution in [1.29, 1.82) is 0 Å². The Bertz CT molecular complexity index is 1580. The van der Waals surface area contributed by atoms with Crippen LogP contribution in [0.1, 0.15) is 0 Å². The number of hydrogen-bond acceptors (Lipinski definition) is 2. The van der Waals surface area contributed by atoms with Crippen LogP contribution in [0.4, 0.5) is 0 Å². The zero-order valence-electron chi connectivity index (χ0n) is 15.6. The number of fused-ring (bicyclic) bond motifs is 2. The summed E-state index contributed by atoms with van der Waals surface area (Å²) in [5, 5.41) is 3.54. The van der Waals surface area contributed by atoms with Gasteiger partial charge in [-0.25, -0.2) is 15.0 Å². The molecule has 3 aromatic carbocycles. The average molecular weight is 373 g/mol. The van der Waals surface area contributed by atoms with E-state index in [0.29, 0.717) is 0 Å². The van der Waals surface area contributed by atoms with Gasteiger partial charge in [0.15, 0.2) is 5.52 Å². The number of pyridine rings is 2. The van der Waals surface area contributed by atoms with E-state index >= 15 is 0 Å². The zero-order chi connectivity index (χ0) is 19.2. The summed E-state index contributed by atoms with van der Waals surface area (Å²) in [6, 6.07) is 27.5. The van der Waals surface area contributed by atoms with Crippen molar-refractivity contribution in [3.8, 4) is 11.1 Å². The number of rotatable bonds is 1. The summed E-state index contributed by atoms with van der Waals surface area (Å²) in [7, 11) is 0. The smallest absolute Gasteiger partial charge is 0.247 e. The van der Waals surface area contributed by atoms with Crippen LogP contribution in [0, 0.1) is 5.49 Å². The van der Waals surface area contributed by atoms with E-state index in [9.17, 15) is 0 Å². The Kier molecular flexibility index (Phi) is 3.43. The summed E-state index contributed by atoms with van der Waals surface area (Å²) in [5.41, 5.74) is 6.41. The summed E-state index contributed by atoms with van der Waals surface area (Å²) in [4.78, 5) is 12.4. The number of nitrogens with one attached hydrogen (secondary N) is 1. The van der Waals surface area contributed by atoms with Crippen LogP contribution in [0.3, 0.4) is 0 Å². The van der Waals surface area contributed by atoms with Crippen molar-refractivity contribution in [1.82, 2.24) is 15.0 Å². The van der Waals surface area contributed by atoms with Crippen LogP contribution < -0.4 is 4.24 Å². The summed E-state index contributed by atoms with van der Waals surface area (Å²) in [5.74, 6) is 0. The molecule has 4 nitrogen and oxygen atoms in total. The molecule has 0 saturated heterocycles. The fourth-order valence-corrected chi connectivity index (χ4v) is 4.18. The molecular weight excluding hydrogens is 356 g/mol. The van der Waals surface area contributed by atoms with E-state index in [1.807, 2.05) is 30.6 Å². The second kappa shape index (κ2) is 6.24. The highest BCUT2D eigenvalue weighted by molar-refractivity contribution is 6.17. The zero-order valence-corrected chi connectivity index (χ0v) is 15.6. The molecule has 0 saturated carbocycles. The van der Waals surface area contributed by atoms with Crippen molar-refractivity contribution in [2.45, 2.75) is 0 Å². The van der Waals surface area contributed by atoms with E-state index in [1.54, 1.807) is 6.33 Å². The van der Waals surface area contributed by atoms with Gasteiger partial charge in [-0.2, -0.15) is 4.24 Å². The lowest BCUT2D eigenvalue weighted by molar-refractivity contribution is -0.453. The van der Waals surface area contributed by atoms with Crippen molar-refractivity contribution in [3.63, 3.8) is 0 Å². The molecule has 6 aromatic rings. The highest BCUT2D eigenvalue weighted by Gasteiger charge is 2.16. The Morgan fingerprint density at radius 1 is 0.759 bits per heavy atom. The summed E-state index contributed by atoms with van der Waals surface area (Å²) in [6.45, 7) is 0. The van der Waals surface area contributed by atoms with Gasteiger partial charge in [-0.1, -0.05) is 48.5 Å². The first-order valence-electron chi connectivity index (χ1n) is 9.59. The molecule has 0 atom stereocenters. The van der Waals surface area contributed by atoms with Gasteiger partial charge in [0.25, 0.3) is 5.49 Å². The molecule has 0 amide bonds. The van der Waals surface area contributed by atoms with Crippen LogP contribution in [0.2, 0.25) is 0 Å². The average Bonchev–Trinajstić information content (AvgIpc) is 2.80. The Morgan fingerprint density at radius 2 is 1.66 bits per heavy atom. The molecule has 0 unspecified atom stereocenters. The molecule has 4 heteroatoms. The molecular formula is C25H17N4+. The summed E-state index contributed by atoms with van der Waals surface area (Å²) in [6.07, 6.45) is 5.45. The Balaban J connectivity index is 1.92. The maximum atomic E-state index is 4.69. The lowest BCUT2D eigenvalue weighted by Gasteiger charge is -2.11. The second-order valence-electron chi connectivity index (χ2n) is 7.10. The first kappa shape index (κ1) is 16.0. The molecule has 0 aliphatic heterocycles. The van der Waals surface area contributed by atoms with Gasteiger partial charge in [-0.15, -0.1) is 0 Å². The largest absolute Gasteiger partial charge is 0.284 e. The minimum Gasteiger partial charge on any atom is -0.247 e. The fraction of sp³-hybridized carbons (Fsp3) is 0. The Hall–Kier alpha value is -4.05. The number of benzene rings is 3. The molecule has 29 heavy (non-hydrogen) atoms. The number of hydrogen-bond donors (Lipinski definition) is 1. The lowest BCUT2D eigenvalue weighted by atomic mass is 9.96. The SMILES string of the molecule is c1ccc(-c2cc3cccc4c3c(c2)c2ncncc2[n+]4=c2cccc[nH]2)cc1. The van der Waals surface area contributed by atoms with E-state index in [1.165, 1.54) is 21.9 Å². The molecule has 3 aromatic heterocycles. The molecule has 0 aliphatic rings. The maximum absolute atomic E-state index is 4.69. The highest BCUT2D eigenvalue weighted by Crippen LogP contribution is 2.33. The first-order chi connectivity index (χ1) is 14.4. The third kappa shape index (κ3) is 2.43. The predicted octanol–water partition coefficient (Wildman–Crippen LogP) is 5.02. The third-order valence-electron chi connectivity index (χ3n) is 5.43. The second-order valence-corrected chi connectivity index (χ2v) is 7.10. The normalized spacial score (nSPS) is 12.7. The van der Waals surface area contributed by atoms with Crippen LogP contribution in [0.15, 0.2) is 97.6 Å². The van der Waals surface area contributed by atoms with E-state index in [4.69, 9.17) is 0 Å². The van der Waals surface area contributed by atoms with Gasteiger partial charge in [-0.05, 0) is 40.8 Å². The molecule has 136 valence electrons. The van der Waals surface area contributed by atoms with E-state index in [-0.39, 0.29) is 0 Å². The lowest BCUT2D eigenvalue weighted by Crippen LogP contribution is -2.22. The molecule has 0 bridgehead atoms. The fourth-order valence-electron chi connectivity index (χ4n) is 4.18. The number of aromatic amines is 1. The van der Waals surface area contributed by atoms with Gasteiger partial charge in [0, 0.05) is 16.8 Å². The van der Waals surface area contributed by atoms with Gasteiger partial charge >= 0.3 is 0 Å². The number of nitrogens with zero attached hydrogens (tertiary/aromatic N) is 3. The molecule has 3 heterocycles. The number of H-pyrrole nitrogens is 1. The van der Waals surface area contributed by atoms with Gasteiger partial charge in [0.2, 0.25) is 0 Å². The van der Waals surface area contributed by atoms with Gasteiger partial charge in [0.1, 0.15) is 17.4 Å². The standard InChI is InChI=1S/C25H16N4/c1-2-7-17(8-3-1)19-13-18-9-6-10-21-24(18)20(14-19)25-22(15-26-16-28-25)29(21)23-11-4-5-12-27-23/h1-16H/p+1. The molecule has 0 radical (unpaired) electrons. The predicted molar refractivity (Wildman–Crippen MR) is 115 cm³/mol. The van der Waals surface area contributed by atoms with Gasteiger partial charge in [-0.3, -0.25) is 0 Å². The monoisotopic (exact) mass is 373 g/mol. The Labute approximate surface area is 166 Å². The molecule has 1 N–H and O–H groups in total. The minimum atomic E-state index is 0.943. The van der Waals surface area contributed by atoms with Crippen molar-refractivity contribution >= 4 is 32.7 Å². The van der Waals surface area contributed by atoms with Crippen molar-refractivity contribution in [2.24, 2.45) is 0 Å². The maximum Gasteiger partial charge on any atom is 0.284 e. The first-order valence-corrected chi connectivity index (χ1v) is 9.59. The molecule has 6 rings (SSSR count). The quantitative estimate of drug-likeness (QED) is 0.250. The van der Waals surface area contributed by atoms with Gasteiger partial charge < -0.3 is 0 Å². The van der Waals surface area contributed by atoms with Crippen molar-refractivity contribution in [2.75, 3.05) is 0 Å². The van der Waals surface area contributed by atoms with Crippen LogP contribution in [-0.4, -0.2) is 15.0 Å². The highest BCUT2D eigenvalue weighted by atomic mass is 14.9. The Morgan fingerprint density at radius 3 is 2.52 bits per heavy atom. The van der Waals surface area contributed by atoms with Crippen LogP contribution in [0.25, 0.3) is 43.8 Å². The van der Waals surface area contributed by atoms with Crippen molar-refractivity contribution in [3.05, 3.63) is 103 Å². The topological polar surface area (TPSA) is 47.5 Å². The molecule has 0 fully saturated rings. The molecule has 0 spiro atoms. The van der Waals surface area contributed by atoms with E-state index in [2.05, 4.69) is 79.9 Å². The van der Waals surface area contributed by atoms with Crippen LogP contribution >= 0.6 is 0 Å². The minimum absolute atomic E-state index is 0.943.